The van der Waals surface area contributed by atoms with Crippen LogP contribution in [0.5, 0.6) is 0 Å². The number of hydrogen-bond donors (Lipinski definition) is 1. The van der Waals surface area contributed by atoms with Crippen molar-refractivity contribution in [2.45, 2.75) is 52.0 Å². The maximum Gasteiger partial charge on any atom is 0.0481 e. The van der Waals surface area contributed by atoms with Crippen molar-refractivity contribution in [2.24, 2.45) is 0 Å². The highest BCUT2D eigenvalue weighted by atomic mass is 32.1. The molecule has 2 aromatic rings. The first-order valence-corrected chi connectivity index (χ1v) is 8.63. The molecular weight excluding hydrogens is 274 g/mol. The van der Waals surface area contributed by atoms with E-state index in [0.29, 0.717) is 12.0 Å². The average molecular weight is 301 g/mol. The van der Waals surface area contributed by atoms with Gasteiger partial charge in [-0.2, -0.15) is 0 Å². The Balaban J connectivity index is 2.29. The summed E-state index contributed by atoms with van der Waals surface area (Å²) in [5.41, 5.74) is 1.63. The molecule has 0 saturated heterocycles. The third-order valence-corrected chi connectivity index (χ3v) is 5.52. The predicted molar refractivity (Wildman–Crippen MR) is 94.3 cm³/mol. The molecule has 0 amide bonds. The van der Waals surface area contributed by atoms with Crippen molar-refractivity contribution in [2.75, 3.05) is 6.54 Å². The molecule has 0 radical (unpaired) electrons. The molecule has 0 aliphatic carbocycles. The van der Waals surface area contributed by atoms with Crippen molar-refractivity contribution < 1.29 is 0 Å². The van der Waals surface area contributed by atoms with Crippen LogP contribution >= 0.6 is 11.3 Å². The predicted octanol–water partition coefficient (Wildman–Crippen LogP) is 5.50. The summed E-state index contributed by atoms with van der Waals surface area (Å²) in [5.74, 6) is 0.470. The van der Waals surface area contributed by atoms with Crippen LogP contribution in [0.25, 0.3) is 0 Å². The second-order valence-corrected chi connectivity index (χ2v) is 7.80. The third kappa shape index (κ3) is 3.96. The first kappa shape index (κ1) is 16.3. The van der Waals surface area contributed by atoms with Crippen molar-refractivity contribution in [3.05, 3.63) is 57.8 Å². The molecular formula is C19H27NS. The highest BCUT2D eigenvalue weighted by molar-refractivity contribution is 7.12. The Bertz CT molecular complexity index is 550. The summed E-state index contributed by atoms with van der Waals surface area (Å²) in [6.45, 7) is 12.3. The smallest absolute Gasteiger partial charge is 0.0481 e. The van der Waals surface area contributed by atoms with Gasteiger partial charge < -0.3 is 5.32 Å². The van der Waals surface area contributed by atoms with Gasteiger partial charge in [0.15, 0.2) is 0 Å². The molecule has 0 saturated carbocycles. The minimum absolute atomic E-state index is 0.232. The Hall–Kier alpha value is -1.12. The van der Waals surface area contributed by atoms with E-state index in [1.54, 1.807) is 0 Å². The van der Waals surface area contributed by atoms with E-state index in [4.69, 9.17) is 0 Å². The van der Waals surface area contributed by atoms with Gasteiger partial charge in [-0.05, 0) is 29.7 Å². The Morgan fingerprint density at radius 1 is 1.05 bits per heavy atom. The normalized spacial score (nSPS) is 14.9. The van der Waals surface area contributed by atoms with Crippen LogP contribution in [0.2, 0.25) is 0 Å². The second-order valence-electron chi connectivity index (χ2n) is 6.69. The van der Waals surface area contributed by atoms with E-state index in [1.165, 1.54) is 15.3 Å². The molecule has 0 aliphatic rings. The lowest BCUT2D eigenvalue weighted by Crippen LogP contribution is -2.25. The van der Waals surface area contributed by atoms with Gasteiger partial charge in [0.1, 0.15) is 0 Å². The van der Waals surface area contributed by atoms with E-state index in [0.717, 1.165) is 6.54 Å². The lowest BCUT2D eigenvalue weighted by molar-refractivity contribution is 0.486. The maximum absolute atomic E-state index is 3.67. The summed E-state index contributed by atoms with van der Waals surface area (Å²) < 4.78 is 0. The minimum atomic E-state index is 0.232. The number of thiophene rings is 1. The molecule has 21 heavy (non-hydrogen) atoms. The number of nitrogens with one attached hydrogen (secondary N) is 1. The van der Waals surface area contributed by atoms with Crippen molar-refractivity contribution in [1.29, 1.82) is 0 Å². The van der Waals surface area contributed by atoms with Crippen LogP contribution in [-0.4, -0.2) is 6.54 Å². The molecule has 0 aliphatic heterocycles. The van der Waals surface area contributed by atoms with E-state index in [-0.39, 0.29) is 5.41 Å². The molecule has 1 N–H and O–H groups in total. The molecule has 0 bridgehead atoms. The second kappa shape index (κ2) is 6.76. The summed E-state index contributed by atoms with van der Waals surface area (Å²) in [7, 11) is 0. The van der Waals surface area contributed by atoms with Gasteiger partial charge in [0.25, 0.3) is 0 Å². The van der Waals surface area contributed by atoms with Crippen LogP contribution in [-0.2, 0) is 5.41 Å². The molecule has 114 valence electrons. The fraction of sp³-hybridized carbons (Fsp3) is 0.474. The fourth-order valence-electron chi connectivity index (χ4n) is 2.62. The maximum atomic E-state index is 3.67. The molecule has 1 nitrogen and oxygen atoms in total. The van der Waals surface area contributed by atoms with Crippen molar-refractivity contribution >= 4 is 11.3 Å². The summed E-state index contributed by atoms with van der Waals surface area (Å²) in [6.07, 6.45) is 0. The first-order chi connectivity index (χ1) is 9.93. The van der Waals surface area contributed by atoms with Gasteiger partial charge in [-0.15, -0.1) is 11.3 Å². The Morgan fingerprint density at radius 2 is 1.71 bits per heavy atom. The summed E-state index contributed by atoms with van der Waals surface area (Å²) >= 11 is 1.95. The van der Waals surface area contributed by atoms with Gasteiger partial charge in [-0.3, -0.25) is 0 Å². The molecule has 2 heteroatoms. The number of hydrogen-bond acceptors (Lipinski definition) is 2. The summed E-state index contributed by atoms with van der Waals surface area (Å²) in [5, 5.41) is 3.67. The number of benzene rings is 1. The SMILES string of the molecule is CCNC(c1ccc(C(C)(C)C)s1)C(C)c1ccccc1. The topological polar surface area (TPSA) is 12.0 Å². The Morgan fingerprint density at radius 3 is 2.24 bits per heavy atom. The highest BCUT2D eigenvalue weighted by Crippen LogP contribution is 2.37. The highest BCUT2D eigenvalue weighted by Gasteiger charge is 2.24. The van der Waals surface area contributed by atoms with Gasteiger partial charge in [0, 0.05) is 21.7 Å². The zero-order valence-electron chi connectivity index (χ0n) is 13.8. The van der Waals surface area contributed by atoms with E-state index >= 15 is 0 Å². The van der Waals surface area contributed by atoms with Gasteiger partial charge >= 0.3 is 0 Å². The van der Waals surface area contributed by atoms with Gasteiger partial charge in [-0.1, -0.05) is 65.0 Å². The number of likely N-dealkylation sites (N-methyl/N-ethyl adjacent to an activating group) is 1. The molecule has 2 atom stereocenters. The van der Waals surface area contributed by atoms with Crippen LogP contribution < -0.4 is 5.32 Å². The van der Waals surface area contributed by atoms with Gasteiger partial charge in [0.05, 0.1) is 0 Å². The average Bonchev–Trinajstić information content (AvgIpc) is 2.94. The monoisotopic (exact) mass is 301 g/mol. The number of rotatable bonds is 5. The zero-order chi connectivity index (χ0) is 15.5. The van der Waals surface area contributed by atoms with Gasteiger partial charge in [-0.25, -0.2) is 0 Å². The van der Waals surface area contributed by atoms with E-state index in [1.807, 2.05) is 11.3 Å². The molecule has 1 aromatic carbocycles. The van der Waals surface area contributed by atoms with Crippen LogP contribution in [0.1, 0.15) is 61.9 Å². The van der Waals surface area contributed by atoms with Crippen LogP contribution in [0.15, 0.2) is 42.5 Å². The minimum Gasteiger partial charge on any atom is -0.309 e. The van der Waals surface area contributed by atoms with Crippen LogP contribution in [0.3, 0.4) is 0 Å². The Labute approximate surface area is 133 Å². The lowest BCUT2D eigenvalue weighted by atomic mass is 9.92. The molecule has 0 fully saturated rings. The molecule has 1 heterocycles. The Kier molecular flexibility index (Phi) is 5.23. The summed E-state index contributed by atoms with van der Waals surface area (Å²) in [6, 6.07) is 15.8. The largest absolute Gasteiger partial charge is 0.309 e. The van der Waals surface area contributed by atoms with E-state index in [2.05, 4.69) is 82.4 Å². The summed E-state index contributed by atoms with van der Waals surface area (Å²) in [4.78, 5) is 2.90. The molecule has 0 spiro atoms. The quantitative estimate of drug-likeness (QED) is 0.769. The van der Waals surface area contributed by atoms with E-state index in [9.17, 15) is 0 Å². The lowest BCUT2D eigenvalue weighted by Gasteiger charge is -2.24. The van der Waals surface area contributed by atoms with Crippen molar-refractivity contribution in [3.8, 4) is 0 Å². The first-order valence-electron chi connectivity index (χ1n) is 7.82. The molecule has 1 aromatic heterocycles. The zero-order valence-corrected chi connectivity index (χ0v) is 14.6. The third-order valence-electron chi connectivity index (χ3n) is 3.92. The molecule has 2 rings (SSSR count). The van der Waals surface area contributed by atoms with Gasteiger partial charge in [0.2, 0.25) is 0 Å². The fourth-order valence-corrected chi connectivity index (χ4v) is 3.86. The van der Waals surface area contributed by atoms with Crippen molar-refractivity contribution in [3.63, 3.8) is 0 Å². The van der Waals surface area contributed by atoms with E-state index < -0.39 is 0 Å². The molecule has 2 unspecified atom stereocenters. The van der Waals surface area contributed by atoms with Crippen molar-refractivity contribution in [1.82, 2.24) is 5.32 Å². The standard InChI is InChI=1S/C19H27NS/c1-6-20-18(14(2)15-10-8-7-9-11-15)16-12-13-17(21-16)19(3,4)5/h7-14,18,20H,6H2,1-5H3. The van der Waals surface area contributed by atoms with Crippen LogP contribution in [0, 0.1) is 0 Å². The van der Waals surface area contributed by atoms with Crippen LogP contribution in [0.4, 0.5) is 0 Å².